The number of nitriles is 1. The van der Waals surface area contributed by atoms with Crippen LogP contribution in [-0.4, -0.2) is 42.3 Å². The summed E-state index contributed by atoms with van der Waals surface area (Å²) in [5.74, 6) is -0.659. The minimum Gasteiger partial charge on any atom is -0.408 e. The zero-order chi connectivity index (χ0) is 21.8. The molecule has 3 aromatic rings. The molecule has 1 aromatic heterocycles. The highest BCUT2D eigenvalue weighted by atomic mass is 16.5. The Balaban J connectivity index is 1.43. The van der Waals surface area contributed by atoms with Crippen LogP contribution in [-0.2, 0) is 23.0 Å². The molecule has 2 aromatic carbocycles. The van der Waals surface area contributed by atoms with Crippen LogP contribution in [0.3, 0.4) is 0 Å². The summed E-state index contributed by atoms with van der Waals surface area (Å²) in [5, 5.41) is 15.4. The zero-order valence-electron chi connectivity index (χ0n) is 17.3. The molecule has 0 saturated carbocycles. The standard InChI is InChI=1S/C23H24N4O4/c1-27-19-12-17(7-8-20(19)31-23(27)29)16-5-3-15(4-6-16)11-18(13-24)26-22(28)21-14-25-9-2-10-30-21/h3-8,12,18,21,25H,2,9-11,14H2,1H3,(H,26,28)/t18-,21?/m0/s1. The van der Waals surface area contributed by atoms with E-state index < -0.39 is 17.9 Å². The van der Waals surface area contributed by atoms with Gasteiger partial charge in [-0.2, -0.15) is 5.26 Å². The third-order valence-electron chi connectivity index (χ3n) is 5.43. The van der Waals surface area contributed by atoms with Gasteiger partial charge >= 0.3 is 5.76 Å². The normalized spacial score (nSPS) is 17.6. The number of hydrogen-bond donors (Lipinski definition) is 2. The fourth-order valence-corrected chi connectivity index (χ4v) is 3.65. The number of aryl methyl sites for hydroxylation is 1. The van der Waals surface area contributed by atoms with Crippen LogP contribution in [0.5, 0.6) is 0 Å². The van der Waals surface area contributed by atoms with Gasteiger partial charge < -0.3 is 19.8 Å². The van der Waals surface area contributed by atoms with E-state index in [1.807, 2.05) is 36.4 Å². The second-order valence-electron chi connectivity index (χ2n) is 7.62. The molecule has 2 N–H and O–H groups in total. The van der Waals surface area contributed by atoms with Gasteiger partial charge in [-0.05, 0) is 41.8 Å². The van der Waals surface area contributed by atoms with E-state index in [0.29, 0.717) is 25.2 Å². The van der Waals surface area contributed by atoms with Gasteiger partial charge in [-0.15, -0.1) is 0 Å². The first-order valence-electron chi connectivity index (χ1n) is 10.3. The number of aromatic nitrogens is 1. The number of benzene rings is 2. The van der Waals surface area contributed by atoms with E-state index in [0.717, 1.165) is 35.2 Å². The highest BCUT2D eigenvalue weighted by Gasteiger charge is 2.23. The van der Waals surface area contributed by atoms with Gasteiger partial charge in [0.05, 0.1) is 11.6 Å². The lowest BCUT2D eigenvalue weighted by atomic mass is 10.0. The maximum absolute atomic E-state index is 12.4. The van der Waals surface area contributed by atoms with Crippen molar-refractivity contribution in [3.63, 3.8) is 0 Å². The summed E-state index contributed by atoms with van der Waals surface area (Å²) in [7, 11) is 1.67. The first-order valence-corrected chi connectivity index (χ1v) is 10.3. The average Bonchev–Trinajstić information content (AvgIpc) is 2.96. The predicted octanol–water partition coefficient (Wildman–Crippen LogP) is 1.73. The Hall–Kier alpha value is -3.41. The van der Waals surface area contributed by atoms with Crippen molar-refractivity contribution in [1.29, 1.82) is 5.26 Å². The summed E-state index contributed by atoms with van der Waals surface area (Å²) in [6.07, 6.45) is 0.689. The SMILES string of the molecule is Cn1c(=O)oc2ccc(-c3ccc(C[C@@H](C#N)NC(=O)C4CNCCCO4)cc3)cc21. The highest BCUT2D eigenvalue weighted by molar-refractivity contribution is 5.82. The molecule has 1 unspecified atom stereocenters. The van der Waals surface area contributed by atoms with Gasteiger partial charge in [0.15, 0.2) is 5.58 Å². The van der Waals surface area contributed by atoms with Crippen molar-refractivity contribution in [2.45, 2.75) is 25.0 Å². The first kappa shape index (κ1) is 20.8. The van der Waals surface area contributed by atoms with Crippen molar-refractivity contribution >= 4 is 17.0 Å². The molecule has 0 radical (unpaired) electrons. The molecule has 1 aliphatic rings. The van der Waals surface area contributed by atoms with Gasteiger partial charge in [-0.1, -0.05) is 30.3 Å². The molecule has 2 heterocycles. The predicted molar refractivity (Wildman–Crippen MR) is 115 cm³/mol. The molecule has 0 aliphatic carbocycles. The van der Waals surface area contributed by atoms with Gasteiger partial charge in [-0.3, -0.25) is 9.36 Å². The van der Waals surface area contributed by atoms with Crippen molar-refractivity contribution in [3.05, 3.63) is 58.6 Å². The van der Waals surface area contributed by atoms with Crippen LogP contribution in [0.2, 0.25) is 0 Å². The maximum atomic E-state index is 12.4. The third kappa shape index (κ3) is 4.68. The molecule has 0 spiro atoms. The Morgan fingerprint density at radius 3 is 2.84 bits per heavy atom. The lowest BCUT2D eigenvalue weighted by Crippen LogP contribution is -2.46. The van der Waals surface area contributed by atoms with Crippen LogP contribution in [0.1, 0.15) is 12.0 Å². The molecular formula is C23H24N4O4. The van der Waals surface area contributed by atoms with Gasteiger partial charge in [0.2, 0.25) is 0 Å². The topological polar surface area (TPSA) is 109 Å². The number of amides is 1. The molecule has 8 heteroatoms. The summed E-state index contributed by atoms with van der Waals surface area (Å²) in [5.41, 5.74) is 4.16. The first-order chi connectivity index (χ1) is 15.0. The quantitative estimate of drug-likeness (QED) is 0.651. The summed E-state index contributed by atoms with van der Waals surface area (Å²) in [6, 6.07) is 14.9. The smallest absolute Gasteiger partial charge is 0.408 e. The lowest BCUT2D eigenvalue weighted by molar-refractivity contribution is -0.132. The Morgan fingerprint density at radius 1 is 1.29 bits per heavy atom. The fourth-order valence-electron chi connectivity index (χ4n) is 3.65. The van der Waals surface area contributed by atoms with Gasteiger partial charge in [0.25, 0.3) is 5.91 Å². The number of fused-ring (bicyclic) bond motifs is 1. The molecule has 2 atom stereocenters. The Morgan fingerprint density at radius 2 is 2.06 bits per heavy atom. The number of carbonyl (C=O) groups excluding carboxylic acids is 1. The molecule has 160 valence electrons. The Kier molecular flexibility index (Phi) is 6.16. The van der Waals surface area contributed by atoms with Gasteiger partial charge in [0, 0.05) is 26.6 Å². The van der Waals surface area contributed by atoms with Crippen LogP contribution in [0.15, 0.2) is 51.7 Å². The van der Waals surface area contributed by atoms with Crippen molar-refractivity contribution < 1.29 is 13.9 Å². The van der Waals surface area contributed by atoms with Crippen LogP contribution >= 0.6 is 0 Å². The van der Waals surface area contributed by atoms with Gasteiger partial charge in [-0.25, -0.2) is 4.79 Å². The van der Waals surface area contributed by atoms with E-state index in [9.17, 15) is 14.9 Å². The molecular weight excluding hydrogens is 396 g/mol. The van der Waals surface area contributed by atoms with E-state index in [1.54, 1.807) is 13.1 Å². The minimum atomic E-state index is -0.637. The fraction of sp³-hybridized carbons (Fsp3) is 0.348. The van der Waals surface area contributed by atoms with Crippen LogP contribution in [0, 0.1) is 11.3 Å². The zero-order valence-corrected chi connectivity index (χ0v) is 17.3. The summed E-state index contributed by atoms with van der Waals surface area (Å²) in [4.78, 5) is 24.1. The molecule has 1 fully saturated rings. The Labute approximate surface area is 179 Å². The summed E-state index contributed by atoms with van der Waals surface area (Å²) >= 11 is 0. The molecule has 1 saturated heterocycles. The monoisotopic (exact) mass is 420 g/mol. The molecule has 0 bridgehead atoms. The van der Waals surface area contributed by atoms with Crippen molar-refractivity contribution in [3.8, 4) is 17.2 Å². The lowest BCUT2D eigenvalue weighted by Gasteiger charge is -2.18. The van der Waals surface area contributed by atoms with E-state index in [4.69, 9.17) is 9.15 Å². The molecule has 1 amide bonds. The van der Waals surface area contributed by atoms with Crippen molar-refractivity contribution in [2.24, 2.45) is 7.05 Å². The minimum absolute atomic E-state index is 0.267. The number of ether oxygens (including phenoxy) is 1. The third-order valence-corrected chi connectivity index (χ3v) is 5.43. The molecule has 8 nitrogen and oxygen atoms in total. The highest BCUT2D eigenvalue weighted by Crippen LogP contribution is 2.24. The number of oxazole rings is 1. The van der Waals surface area contributed by atoms with Crippen LogP contribution < -0.4 is 16.4 Å². The largest absolute Gasteiger partial charge is 0.419 e. The van der Waals surface area contributed by atoms with E-state index in [1.165, 1.54) is 4.57 Å². The van der Waals surface area contributed by atoms with E-state index >= 15 is 0 Å². The average molecular weight is 420 g/mol. The Bertz CT molecular complexity index is 1160. The molecule has 4 rings (SSSR count). The van der Waals surface area contributed by atoms with Gasteiger partial charge in [0.1, 0.15) is 12.1 Å². The maximum Gasteiger partial charge on any atom is 0.419 e. The number of nitrogens with one attached hydrogen (secondary N) is 2. The van der Waals surface area contributed by atoms with Crippen LogP contribution in [0.25, 0.3) is 22.2 Å². The van der Waals surface area contributed by atoms with Crippen molar-refractivity contribution in [1.82, 2.24) is 15.2 Å². The number of rotatable bonds is 5. The summed E-state index contributed by atoms with van der Waals surface area (Å²) in [6.45, 7) is 1.80. The summed E-state index contributed by atoms with van der Waals surface area (Å²) < 4.78 is 12.2. The van der Waals surface area contributed by atoms with E-state index in [-0.39, 0.29) is 5.91 Å². The number of hydrogen-bond acceptors (Lipinski definition) is 6. The van der Waals surface area contributed by atoms with Crippen LogP contribution in [0.4, 0.5) is 0 Å². The van der Waals surface area contributed by atoms with E-state index in [2.05, 4.69) is 16.7 Å². The number of carbonyl (C=O) groups is 1. The second kappa shape index (κ2) is 9.16. The number of nitrogens with zero attached hydrogens (tertiary/aromatic N) is 2. The van der Waals surface area contributed by atoms with Crippen molar-refractivity contribution in [2.75, 3.05) is 19.7 Å². The molecule has 1 aliphatic heterocycles. The molecule has 31 heavy (non-hydrogen) atoms. The second-order valence-corrected chi connectivity index (χ2v) is 7.62.